The van der Waals surface area contributed by atoms with Crippen molar-refractivity contribution in [1.29, 1.82) is 0 Å². The first-order chi connectivity index (χ1) is 8.13. The molecule has 0 amide bonds. The molecule has 0 aliphatic carbocycles. The third kappa shape index (κ3) is 4.57. The zero-order valence-electron chi connectivity index (χ0n) is 9.97. The number of aromatic nitrogens is 1. The Morgan fingerprint density at radius 3 is 2.78 bits per heavy atom. The molecule has 0 unspecified atom stereocenters. The molecular weight excluding hydrogens is 334 g/mol. The van der Waals surface area contributed by atoms with Crippen LogP contribution in [0.3, 0.4) is 0 Å². The van der Waals surface area contributed by atoms with Gasteiger partial charge in [0, 0.05) is 28.6 Å². The SMILES string of the molecule is CN(Cc1cccc(Br)c1)Cc1cnc(N)s1.Cl. The van der Waals surface area contributed by atoms with Gasteiger partial charge in [0.05, 0.1) is 0 Å². The lowest BCUT2D eigenvalue weighted by molar-refractivity contribution is 0.322. The van der Waals surface area contributed by atoms with Crippen LogP contribution in [0.5, 0.6) is 0 Å². The summed E-state index contributed by atoms with van der Waals surface area (Å²) in [5, 5.41) is 0.635. The number of nitrogens with two attached hydrogens (primary N) is 1. The number of thiazole rings is 1. The highest BCUT2D eigenvalue weighted by molar-refractivity contribution is 9.10. The smallest absolute Gasteiger partial charge is 0.180 e. The van der Waals surface area contributed by atoms with E-state index in [2.05, 4.69) is 51.1 Å². The van der Waals surface area contributed by atoms with Crippen LogP contribution in [-0.4, -0.2) is 16.9 Å². The summed E-state index contributed by atoms with van der Waals surface area (Å²) < 4.78 is 1.12. The van der Waals surface area contributed by atoms with E-state index >= 15 is 0 Å². The zero-order chi connectivity index (χ0) is 12.3. The maximum absolute atomic E-state index is 5.61. The number of halogens is 2. The quantitative estimate of drug-likeness (QED) is 0.919. The Balaban J connectivity index is 0.00000162. The van der Waals surface area contributed by atoms with Crippen molar-refractivity contribution in [2.24, 2.45) is 0 Å². The molecular formula is C12H15BrClN3S. The molecule has 0 atom stereocenters. The first-order valence-electron chi connectivity index (χ1n) is 5.26. The third-order valence-electron chi connectivity index (χ3n) is 2.34. The van der Waals surface area contributed by atoms with Crippen LogP contribution in [0.4, 0.5) is 5.13 Å². The molecule has 0 saturated heterocycles. The second-order valence-corrected chi connectivity index (χ2v) is 6.03. The lowest BCUT2D eigenvalue weighted by atomic mass is 10.2. The number of benzene rings is 1. The lowest BCUT2D eigenvalue weighted by Crippen LogP contribution is -2.16. The Labute approximate surface area is 126 Å². The normalized spacial score (nSPS) is 10.4. The van der Waals surface area contributed by atoms with E-state index in [0.717, 1.165) is 17.6 Å². The van der Waals surface area contributed by atoms with Crippen LogP contribution in [0.1, 0.15) is 10.4 Å². The minimum absolute atomic E-state index is 0. The fourth-order valence-corrected chi connectivity index (χ4v) is 2.88. The molecule has 0 saturated carbocycles. The predicted octanol–water partition coefficient (Wildman–Crippen LogP) is 3.54. The average molecular weight is 349 g/mol. The van der Waals surface area contributed by atoms with Crippen LogP contribution in [0, 0.1) is 0 Å². The topological polar surface area (TPSA) is 42.2 Å². The monoisotopic (exact) mass is 347 g/mol. The fourth-order valence-electron chi connectivity index (χ4n) is 1.66. The molecule has 0 spiro atoms. The number of rotatable bonds is 4. The van der Waals surface area contributed by atoms with Crippen LogP contribution < -0.4 is 5.73 Å². The summed E-state index contributed by atoms with van der Waals surface area (Å²) in [5.74, 6) is 0. The molecule has 1 aromatic carbocycles. The first-order valence-corrected chi connectivity index (χ1v) is 6.87. The lowest BCUT2D eigenvalue weighted by Gasteiger charge is -2.15. The van der Waals surface area contributed by atoms with Crippen LogP contribution in [-0.2, 0) is 13.1 Å². The van der Waals surface area contributed by atoms with E-state index in [-0.39, 0.29) is 12.4 Å². The summed E-state index contributed by atoms with van der Waals surface area (Å²) in [7, 11) is 2.09. The summed E-state index contributed by atoms with van der Waals surface area (Å²) in [5.41, 5.74) is 6.90. The van der Waals surface area contributed by atoms with Crippen molar-refractivity contribution in [3.63, 3.8) is 0 Å². The third-order valence-corrected chi connectivity index (χ3v) is 3.64. The van der Waals surface area contributed by atoms with Gasteiger partial charge in [-0.15, -0.1) is 23.7 Å². The maximum atomic E-state index is 5.61. The van der Waals surface area contributed by atoms with Crippen LogP contribution in [0.25, 0.3) is 0 Å². The Kier molecular flexibility index (Phi) is 6.08. The van der Waals surface area contributed by atoms with E-state index in [1.54, 1.807) is 11.3 Å². The molecule has 1 aromatic heterocycles. The van der Waals surface area contributed by atoms with Crippen molar-refractivity contribution < 1.29 is 0 Å². The van der Waals surface area contributed by atoms with Gasteiger partial charge in [0.1, 0.15) is 0 Å². The standard InChI is InChI=1S/C12H14BrN3S.ClH/c1-16(8-11-6-15-12(14)17-11)7-9-3-2-4-10(13)5-9;/h2-6H,7-8H2,1H3,(H2,14,15);1H. The molecule has 0 aliphatic rings. The number of anilines is 1. The van der Waals surface area contributed by atoms with Gasteiger partial charge in [-0.2, -0.15) is 0 Å². The fraction of sp³-hybridized carbons (Fsp3) is 0.250. The van der Waals surface area contributed by atoms with Crippen LogP contribution in [0.15, 0.2) is 34.9 Å². The van der Waals surface area contributed by atoms with Crippen LogP contribution >= 0.6 is 39.7 Å². The van der Waals surface area contributed by atoms with Gasteiger partial charge in [0.25, 0.3) is 0 Å². The average Bonchev–Trinajstić information content (AvgIpc) is 2.63. The van der Waals surface area contributed by atoms with Gasteiger partial charge in [0.15, 0.2) is 5.13 Å². The molecule has 2 N–H and O–H groups in total. The van der Waals surface area contributed by atoms with Crippen molar-refractivity contribution in [3.8, 4) is 0 Å². The number of hydrogen-bond acceptors (Lipinski definition) is 4. The van der Waals surface area contributed by atoms with Crippen molar-refractivity contribution in [2.75, 3.05) is 12.8 Å². The van der Waals surface area contributed by atoms with E-state index in [1.807, 2.05) is 12.3 Å². The van der Waals surface area contributed by atoms with Gasteiger partial charge in [-0.05, 0) is 24.7 Å². The predicted molar refractivity (Wildman–Crippen MR) is 83.1 cm³/mol. The Morgan fingerprint density at radius 2 is 2.17 bits per heavy atom. The van der Waals surface area contributed by atoms with Crippen molar-refractivity contribution in [2.45, 2.75) is 13.1 Å². The first kappa shape index (κ1) is 15.4. The molecule has 0 fully saturated rings. The molecule has 98 valence electrons. The Bertz CT molecular complexity index is 504. The van der Waals surface area contributed by atoms with Crippen molar-refractivity contribution in [3.05, 3.63) is 45.4 Å². The Morgan fingerprint density at radius 1 is 1.39 bits per heavy atom. The summed E-state index contributed by atoms with van der Waals surface area (Å²) in [4.78, 5) is 7.49. The zero-order valence-corrected chi connectivity index (χ0v) is 13.2. The van der Waals surface area contributed by atoms with E-state index in [0.29, 0.717) is 5.13 Å². The van der Waals surface area contributed by atoms with Crippen LogP contribution in [0.2, 0.25) is 0 Å². The highest BCUT2D eigenvalue weighted by Crippen LogP contribution is 2.18. The summed E-state index contributed by atoms with van der Waals surface area (Å²) in [6.07, 6.45) is 1.84. The molecule has 2 aromatic rings. The molecule has 3 nitrogen and oxygen atoms in total. The minimum atomic E-state index is 0. The molecule has 2 rings (SSSR count). The number of hydrogen-bond donors (Lipinski definition) is 1. The number of nitrogen functional groups attached to an aromatic ring is 1. The molecule has 6 heteroatoms. The minimum Gasteiger partial charge on any atom is -0.375 e. The van der Waals surface area contributed by atoms with E-state index in [9.17, 15) is 0 Å². The van der Waals surface area contributed by atoms with Gasteiger partial charge in [-0.1, -0.05) is 28.1 Å². The van der Waals surface area contributed by atoms with Gasteiger partial charge >= 0.3 is 0 Å². The summed E-state index contributed by atoms with van der Waals surface area (Å²) in [6, 6.07) is 8.35. The molecule has 1 heterocycles. The highest BCUT2D eigenvalue weighted by atomic mass is 79.9. The van der Waals surface area contributed by atoms with E-state index in [4.69, 9.17) is 5.73 Å². The summed E-state index contributed by atoms with van der Waals surface area (Å²) in [6.45, 7) is 1.79. The van der Waals surface area contributed by atoms with Gasteiger partial charge in [0.2, 0.25) is 0 Å². The molecule has 0 radical (unpaired) electrons. The van der Waals surface area contributed by atoms with Gasteiger partial charge < -0.3 is 5.73 Å². The summed E-state index contributed by atoms with van der Waals surface area (Å²) >= 11 is 5.02. The van der Waals surface area contributed by atoms with E-state index in [1.165, 1.54) is 10.4 Å². The highest BCUT2D eigenvalue weighted by Gasteiger charge is 2.04. The largest absolute Gasteiger partial charge is 0.375 e. The number of nitrogens with zero attached hydrogens (tertiary/aromatic N) is 2. The van der Waals surface area contributed by atoms with E-state index < -0.39 is 0 Å². The molecule has 0 aliphatic heterocycles. The van der Waals surface area contributed by atoms with Gasteiger partial charge in [-0.25, -0.2) is 4.98 Å². The second kappa shape index (κ2) is 7.09. The molecule has 0 bridgehead atoms. The van der Waals surface area contributed by atoms with Crippen molar-refractivity contribution in [1.82, 2.24) is 9.88 Å². The second-order valence-electron chi connectivity index (χ2n) is 3.97. The van der Waals surface area contributed by atoms with Crippen molar-refractivity contribution >= 4 is 44.8 Å². The molecule has 18 heavy (non-hydrogen) atoms. The maximum Gasteiger partial charge on any atom is 0.180 e. The Hall–Kier alpha value is -0.620. The van der Waals surface area contributed by atoms with Gasteiger partial charge in [-0.3, -0.25) is 4.90 Å².